The number of rotatable bonds is 8. The molecule has 0 amide bonds. The average molecular weight is 280 g/mol. The van der Waals surface area contributed by atoms with E-state index in [0.29, 0.717) is 0 Å². The molecule has 0 aliphatic heterocycles. The van der Waals surface area contributed by atoms with E-state index in [2.05, 4.69) is 66.1 Å². The Balaban J connectivity index is 2.00. The fourth-order valence-corrected chi connectivity index (χ4v) is 2.41. The van der Waals surface area contributed by atoms with E-state index in [-0.39, 0.29) is 0 Å². The van der Waals surface area contributed by atoms with Crippen LogP contribution in [-0.2, 0) is 6.54 Å². The second-order valence-electron chi connectivity index (χ2n) is 5.31. The third kappa shape index (κ3) is 5.18. The topological polar surface area (TPSA) is 29.3 Å². The highest BCUT2D eigenvalue weighted by molar-refractivity contribution is 5.64. The Kier molecular flexibility index (Phi) is 6.20. The lowest BCUT2D eigenvalue weighted by atomic mass is 10.1. The van der Waals surface area contributed by atoms with Crippen molar-refractivity contribution in [2.24, 2.45) is 5.73 Å². The van der Waals surface area contributed by atoms with E-state index in [0.717, 1.165) is 38.2 Å². The Bertz CT molecular complexity index is 534. The van der Waals surface area contributed by atoms with Gasteiger partial charge in [-0.3, -0.25) is 4.90 Å². The molecule has 2 aromatic rings. The Morgan fingerprint density at radius 3 is 2.19 bits per heavy atom. The van der Waals surface area contributed by atoms with Crippen LogP contribution in [-0.4, -0.2) is 24.5 Å². The molecule has 0 atom stereocenters. The van der Waals surface area contributed by atoms with Crippen LogP contribution in [0.15, 0.2) is 67.2 Å². The largest absolute Gasteiger partial charge is 0.330 e. The predicted molar refractivity (Wildman–Crippen MR) is 90.9 cm³/mol. The molecule has 0 aliphatic rings. The quantitative estimate of drug-likeness (QED) is 0.801. The van der Waals surface area contributed by atoms with Crippen molar-refractivity contribution in [3.8, 4) is 0 Å². The summed E-state index contributed by atoms with van der Waals surface area (Å²) < 4.78 is 0. The number of hydrogen-bond donors (Lipinski definition) is 1. The third-order valence-corrected chi connectivity index (χ3v) is 3.52. The van der Waals surface area contributed by atoms with Gasteiger partial charge in [0.2, 0.25) is 0 Å². The molecule has 0 saturated heterocycles. The minimum absolute atomic E-state index is 0.725. The van der Waals surface area contributed by atoms with Gasteiger partial charge in [-0.05, 0) is 29.7 Å². The van der Waals surface area contributed by atoms with Crippen LogP contribution in [0, 0.1) is 0 Å². The molecule has 2 rings (SSSR count). The molecule has 21 heavy (non-hydrogen) atoms. The van der Waals surface area contributed by atoms with E-state index in [1.807, 2.05) is 6.07 Å². The zero-order valence-corrected chi connectivity index (χ0v) is 12.5. The maximum atomic E-state index is 5.66. The molecule has 0 unspecified atom stereocenters. The SMILES string of the molecule is C=C(CN(CCCN)Cc1ccccc1)c1ccccc1. The second kappa shape index (κ2) is 8.40. The van der Waals surface area contributed by atoms with E-state index >= 15 is 0 Å². The molecule has 0 aromatic heterocycles. The maximum absolute atomic E-state index is 5.66. The fraction of sp³-hybridized carbons (Fsp3) is 0.263. The lowest BCUT2D eigenvalue weighted by Gasteiger charge is -2.23. The smallest absolute Gasteiger partial charge is 0.0237 e. The molecule has 2 nitrogen and oxygen atoms in total. The van der Waals surface area contributed by atoms with E-state index in [9.17, 15) is 0 Å². The first-order chi connectivity index (χ1) is 10.3. The molecule has 2 heteroatoms. The molecule has 0 bridgehead atoms. The Hall–Kier alpha value is -1.90. The standard InChI is InChI=1S/C19H24N2/c1-17(19-11-6-3-7-12-19)15-21(14-8-13-20)16-18-9-4-2-5-10-18/h2-7,9-12H,1,8,13-16,20H2. The molecule has 110 valence electrons. The lowest BCUT2D eigenvalue weighted by Crippen LogP contribution is -2.27. The van der Waals surface area contributed by atoms with Gasteiger partial charge in [0.05, 0.1) is 0 Å². The summed E-state index contributed by atoms with van der Waals surface area (Å²) in [6, 6.07) is 20.9. The number of nitrogens with zero attached hydrogens (tertiary/aromatic N) is 1. The zero-order chi connectivity index (χ0) is 14.9. The molecule has 0 heterocycles. The van der Waals surface area contributed by atoms with Gasteiger partial charge in [0.1, 0.15) is 0 Å². The normalized spacial score (nSPS) is 10.8. The van der Waals surface area contributed by atoms with Crippen LogP contribution in [0.2, 0.25) is 0 Å². The van der Waals surface area contributed by atoms with Crippen LogP contribution in [0.4, 0.5) is 0 Å². The first-order valence-electron chi connectivity index (χ1n) is 7.49. The fourth-order valence-electron chi connectivity index (χ4n) is 2.41. The number of hydrogen-bond acceptors (Lipinski definition) is 2. The maximum Gasteiger partial charge on any atom is 0.0237 e. The highest BCUT2D eigenvalue weighted by Gasteiger charge is 2.08. The summed E-state index contributed by atoms with van der Waals surface area (Å²) in [4.78, 5) is 2.41. The first-order valence-corrected chi connectivity index (χ1v) is 7.49. The molecule has 2 aromatic carbocycles. The van der Waals surface area contributed by atoms with Gasteiger partial charge in [-0.25, -0.2) is 0 Å². The summed E-state index contributed by atoms with van der Waals surface area (Å²) in [5.41, 5.74) is 9.36. The van der Waals surface area contributed by atoms with Crippen molar-refractivity contribution < 1.29 is 0 Å². The van der Waals surface area contributed by atoms with Crippen molar-refractivity contribution in [3.05, 3.63) is 78.4 Å². The molecule has 0 aliphatic carbocycles. The summed E-state index contributed by atoms with van der Waals surface area (Å²) >= 11 is 0. The van der Waals surface area contributed by atoms with Crippen LogP contribution < -0.4 is 5.73 Å². The average Bonchev–Trinajstić information content (AvgIpc) is 2.54. The van der Waals surface area contributed by atoms with Crippen LogP contribution in [0.25, 0.3) is 5.57 Å². The first kappa shape index (κ1) is 15.5. The number of nitrogens with two attached hydrogens (primary N) is 1. The van der Waals surface area contributed by atoms with E-state index in [4.69, 9.17) is 5.73 Å². The van der Waals surface area contributed by atoms with Crippen molar-refractivity contribution in [2.75, 3.05) is 19.6 Å². The second-order valence-corrected chi connectivity index (χ2v) is 5.31. The van der Waals surface area contributed by atoms with Gasteiger partial charge in [0.25, 0.3) is 0 Å². The van der Waals surface area contributed by atoms with Gasteiger partial charge in [-0.15, -0.1) is 0 Å². The van der Waals surface area contributed by atoms with Crippen LogP contribution in [0.1, 0.15) is 17.5 Å². The van der Waals surface area contributed by atoms with Gasteiger partial charge in [-0.1, -0.05) is 67.2 Å². The number of benzene rings is 2. The summed E-state index contributed by atoms with van der Waals surface area (Å²) in [7, 11) is 0. The van der Waals surface area contributed by atoms with Gasteiger partial charge in [-0.2, -0.15) is 0 Å². The van der Waals surface area contributed by atoms with E-state index < -0.39 is 0 Å². The lowest BCUT2D eigenvalue weighted by molar-refractivity contribution is 0.297. The molecule has 0 radical (unpaired) electrons. The molecular weight excluding hydrogens is 256 g/mol. The monoisotopic (exact) mass is 280 g/mol. The van der Waals surface area contributed by atoms with Gasteiger partial charge < -0.3 is 5.73 Å². The Morgan fingerprint density at radius 2 is 1.57 bits per heavy atom. The molecule has 0 fully saturated rings. The highest BCUT2D eigenvalue weighted by atomic mass is 15.1. The van der Waals surface area contributed by atoms with Crippen LogP contribution in [0.5, 0.6) is 0 Å². The third-order valence-electron chi connectivity index (χ3n) is 3.52. The van der Waals surface area contributed by atoms with Gasteiger partial charge in [0, 0.05) is 19.6 Å². The summed E-state index contributed by atoms with van der Waals surface area (Å²) in [6.07, 6.45) is 1.01. The summed E-state index contributed by atoms with van der Waals surface area (Å²) in [5.74, 6) is 0. The Labute approximate surface area is 127 Å². The van der Waals surface area contributed by atoms with E-state index in [1.165, 1.54) is 11.1 Å². The molecule has 0 spiro atoms. The Morgan fingerprint density at radius 1 is 0.952 bits per heavy atom. The van der Waals surface area contributed by atoms with Gasteiger partial charge in [0.15, 0.2) is 0 Å². The van der Waals surface area contributed by atoms with Crippen molar-refractivity contribution >= 4 is 5.57 Å². The molecular formula is C19H24N2. The van der Waals surface area contributed by atoms with Crippen molar-refractivity contribution in [1.82, 2.24) is 4.90 Å². The van der Waals surface area contributed by atoms with Crippen molar-refractivity contribution in [3.63, 3.8) is 0 Å². The van der Waals surface area contributed by atoms with Crippen molar-refractivity contribution in [2.45, 2.75) is 13.0 Å². The minimum Gasteiger partial charge on any atom is -0.330 e. The predicted octanol–water partition coefficient (Wildman–Crippen LogP) is 3.55. The molecule has 2 N–H and O–H groups in total. The zero-order valence-electron chi connectivity index (χ0n) is 12.5. The summed E-state index contributed by atoms with van der Waals surface area (Å²) in [5, 5.41) is 0. The van der Waals surface area contributed by atoms with Gasteiger partial charge >= 0.3 is 0 Å². The molecule has 0 saturated carbocycles. The van der Waals surface area contributed by atoms with Crippen LogP contribution >= 0.6 is 0 Å². The highest BCUT2D eigenvalue weighted by Crippen LogP contribution is 2.15. The van der Waals surface area contributed by atoms with Crippen LogP contribution in [0.3, 0.4) is 0 Å². The minimum atomic E-state index is 0.725. The van der Waals surface area contributed by atoms with Crippen molar-refractivity contribution in [1.29, 1.82) is 0 Å². The van der Waals surface area contributed by atoms with E-state index in [1.54, 1.807) is 0 Å². The summed E-state index contributed by atoms with van der Waals surface area (Å²) in [6.45, 7) is 7.78.